The second-order valence-corrected chi connectivity index (χ2v) is 22.3. The maximum absolute atomic E-state index is 2.53. The number of nitrogens with zero attached hydrogens (tertiary/aromatic N) is 2. The van der Waals surface area contributed by atoms with Crippen LogP contribution in [0.2, 0.25) is 0 Å². The summed E-state index contributed by atoms with van der Waals surface area (Å²) in [5.74, 6) is 0. The van der Waals surface area contributed by atoms with Crippen molar-refractivity contribution in [3.05, 3.63) is 347 Å². The molecule has 1 aromatic heterocycles. The Balaban J connectivity index is 0.979. The van der Waals surface area contributed by atoms with Gasteiger partial charge in [0, 0.05) is 38.9 Å². The summed E-state index contributed by atoms with van der Waals surface area (Å²) in [5, 5.41) is 2.40. The molecule has 0 bridgehead atoms. The van der Waals surface area contributed by atoms with Crippen LogP contribution < -0.4 is 4.90 Å². The van der Waals surface area contributed by atoms with Gasteiger partial charge in [-0.3, -0.25) is 0 Å². The van der Waals surface area contributed by atoms with E-state index in [-0.39, 0.29) is 5.41 Å². The van der Waals surface area contributed by atoms with Gasteiger partial charge in [0.15, 0.2) is 0 Å². The summed E-state index contributed by atoms with van der Waals surface area (Å²) in [7, 11) is 0. The quantitative estimate of drug-likeness (QED) is 0.147. The smallest absolute Gasteiger partial charge is 0.0714 e. The summed E-state index contributed by atoms with van der Waals surface area (Å²) in [6, 6.07) is 110. The highest BCUT2D eigenvalue weighted by Crippen LogP contribution is 2.60. The number of hydrogen-bond donors (Lipinski definition) is 0. The molecule has 0 amide bonds. The second-order valence-electron chi connectivity index (χ2n) is 22.3. The van der Waals surface area contributed by atoms with E-state index in [4.69, 9.17) is 0 Å². The fraction of sp³-hybridized carbons (Fsp3) is 0.0649. The van der Waals surface area contributed by atoms with Gasteiger partial charge in [0.1, 0.15) is 0 Å². The van der Waals surface area contributed by atoms with Gasteiger partial charge in [-0.05, 0) is 156 Å². The van der Waals surface area contributed by atoms with Crippen LogP contribution in [-0.2, 0) is 16.2 Å². The zero-order valence-corrected chi connectivity index (χ0v) is 44.1. The molecule has 0 unspecified atom stereocenters. The lowest BCUT2D eigenvalue weighted by Crippen LogP contribution is -2.28. The first-order chi connectivity index (χ1) is 39.0. The molecule has 3 aliphatic carbocycles. The average molecular weight is 1010 g/mol. The van der Waals surface area contributed by atoms with Crippen LogP contribution in [0.5, 0.6) is 0 Å². The Hall–Kier alpha value is -9.76. The Kier molecular flexibility index (Phi) is 9.85. The summed E-state index contributed by atoms with van der Waals surface area (Å²) in [6.45, 7) is 4.77. The largest absolute Gasteiger partial charge is 0.310 e. The minimum absolute atomic E-state index is 0.196. The zero-order valence-electron chi connectivity index (χ0n) is 44.1. The van der Waals surface area contributed by atoms with Crippen LogP contribution >= 0.6 is 0 Å². The maximum atomic E-state index is 2.53. The lowest BCUT2D eigenvalue weighted by Gasteiger charge is -2.35. The van der Waals surface area contributed by atoms with Crippen molar-refractivity contribution in [2.45, 2.75) is 30.1 Å². The van der Waals surface area contributed by atoms with Crippen LogP contribution in [0.3, 0.4) is 0 Å². The van der Waals surface area contributed by atoms with Gasteiger partial charge in [-0.2, -0.15) is 0 Å². The molecule has 0 spiro atoms. The molecular weight excluding hydrogens is 953 g/mol. The van der Waals surface area contributed by atoms with E-state index in [0.717, 1.165) is 28.3 Å². The molecule has 1 heterocycles. The number of rotatable bonds is 8. The van der Waals surface area contributed by atoms with E-state index in [2.05, 4.69) is 315 Å². The third-order valence-corrected chi connectivity index (χ3v) is 18.1. The molecule has 12 aromatic carbocycles. The Morgan fingerprint density at radius 2 is 0.620 bits per heavy atom. The van der Waals surface area contributed by atoms with E-state index < -0.39 is 10.8 Å². The third-order valence-electron chi connectivity index (χ3n) is 18.1. The Bertz CT molecular complexity index is 4480. The number of fused-ring (bicyclic) bond motifs is 12. The highest BCUT2D eigenvalue weighted by atomic mass is 15.1. The number of aromatic nitrogens is 1. The number of benzene rings is 12. The third kappa shape index (κ3) is 6.29. The van der Waals surface area contributed by atoms with Crippen LogP contribution in [0.25, 0.3) is 60.9 Å². The van der Waals surface area contributed by atoms with Gasteiger partial charge in [0.2, 0.25) is 0 Å². The van der Waals surface area contributed by atoms with Crippen molar-refractivity contribution in [3.8, 4) is 39.1 Å². The fourth-order valence-corrected chi connectivity index (χ4v) is 14.8. The summed E-state index contributed by atoms with van der Waals surface area (Å²) >= 11 is 0. The van der Waals surface area contributed by atoms with E-state index in [0.29, 0.717) is 0 Å². The van der Waals surface area contributed by atoms with Crippen molar-refractivity contribution in [1.29, 1.82) is 0 Å². The molecule has 0 N–H and O–H groups in total. The first-order valence-corrected chi connectivity index (χ1v) is 27.7. The van der Waals surface area contributed by atoms with Crippen LogP contribution in [0.1, 0.15) is 69.5 Å². The van der Waals surface area contributed by atoms with E-state index in [9.17, 15) is 0 Å². The van der Waals surface area contributed by atoms with Crippen LogP contribution in [-0.4, -0.2) is 4.57 Å². The van der Waals surface area contributed by atoms with Gasteiger partial charge in [0.05, 0.1) is 21.9 Å². The number of hydrogen-bond acceptors (Lipinski definition) is 1. The van der Waals surface area contributed by atoms with Crippen LogP contribution in [0.4, 0.5) is 17.1 Å². The molecule has 0 fully saturated rings. The van der Waals surface area contributed by atoms with E-state index in [1.165, 1.54) is 105 Å². The highest BCUT2D eigenvalue weighted by Gasteiger charge is 2.48. The zero-order chi connectivity index (χ0) is 52.5. The standard InChI is InChI=1S/C77H54N2/c1-75(2)67-35-19-15-31-59(67)63-43-40-57(49-71(63)75)78(58-41-44-64-62-34-18-20-36-68(62)76(72(64)50-58,51-23-7-3-8-24-51)52-25-9-4-10-26-52)56-42-46-74-66(48-56)65-47-54(39-45-73(65)79(74)55-29-13-6-14-30-55)77(53-27-11-5-12-28-53)69-37-21-16-32-60(69)61-33-17-22-38-70(61)77/h3-50H,1-2H3. The van der Waals surface area contributed by atoms with Gasteiger partial charge in [-0.1, -0.05) is 238 Å². The molecule has 0 saturated carbocycles. The molecule has 0 radical (unpaired) electrons. The lowest BCUT2D eigenvalue weighted by atomic mass is 9.67. The Morgan fingerprint density at radius 1 is 0.266 bits per heavy atom. The molecule has 13 aromatic rings. The van der Waals surface area contributed by atoms with Gasteiger partial charge in [-0.25, -0.2) is 0 Å². The predicted octanol–water partition coefficient (Wildman–Crippen LogP) is 19.3. The summed E-state index contributed by atoms with van der Waals surface area (Å²) in [5.41, 5.74) is 26.1. The van der Waals surface area contributed by atoms with Gasteiger partial charge in [-0.15, -0.1) is 0 Å². The molecule has 2 nitrogen and oxygen atoms in total. The van der Waals surface area contributed by atoms with Crippen molar-refractivity contribution in [1.82, 2.24) is 4.57 Å². The molecule has 0 aliphatic heterocycles. The average Bonchev–Trinajstić information content (AvgIpc) is 3.56. The predicted molar refractivity (Wildman–Crippen MR) is 328 cm³/mol. The van der Waals surface area contributed by atoms with E-state index in [1.54, 1.807) is 0 Å². The summed E-state index contributed by atoms with van der Waals surface area (Å²) < 4.78 is 2.46. The van der Waals surface area contributed by atoms with Crippen LogP contribution in [0.15, 0.2) is 291 Å². The second kappa shape index (κ2) is 17.1. The van der Waals surface area contributed by atoms with Gasteiger partial charge < -0.3 is 9.47 Å². The maximum Gasteiger partial charge on any atom is 0.0714 e. The molecular formula is C77H54N2. The lowest BCUT2D eigenvalue weighted by molar-refractivity contribution is 0.660. The fourth-order valence-electron chi connectivity index (χ4n) is 14.8. The van der Waals surface area contributed by atoms with Gasteiger partial charge >= 0.3 is 0 Å². The van der Waals surface area contributed by atoms with Crippen molar-refractivity contribution in [2.24, 2.45) is 0 Å². The monoisotopic (exact) mass is 1010 g/mol. The number of para-hydroxylation sites is 1. The molecule has 3 aliphatic rings. The Morgan fingerprint density at radius 3 is 1.14 bits per heavy atom. The summed E-state index contributed by atoms with van der Waals surface area (Å²) in [4.78, 5) is 2.53. The topological polar surface area (TPSA) is 8.17 Å². The van der Waals surface area contributed by atoms with Crippen molar-refractivity contribution in [3.63, 3.8) is 0 Å². The summed E-state index contributed by atoms with van der Waals surface area (Å²) in [6.07, 6.45) is 0. The molecule has 0 saturated heterocycles. The first kappa shape index (κ1) is 45.4. The minimum Gasteiger partial charge on any atom is -0.310 e. The van der Waals surface area contributed by atoms with Crippen molar-refractivity contribution < 1.29 is 0 Å². The molecule has 16 rings (SSSR count). The van der Waals surface area contributed by atoms with Gasteiger partial charge in [0.25, 0.3) is 0 Å². The minimum atomic E-state index is -0.562. The SMILES string of the molecule is CC1(C)c2ccccc2-c2ccc(N(c3ccc4c(c3)C(c3ccccc3)(c3ccccc3)c3ccccc3-4)c3ccc4c(c3)c3cc(C5(c6ccccc6)c6ccccc6-c6ccccc65)ccc3n4-c3ccccc3)cc21. The molecule has 372 valence electrons. The molecule has 79 heavy (non-hydrogen) atoms. The van der Waals surface area contributed by atoms with E-state index in [1.807, 2.05) is 0 Å². The number of anilines is 3. The van der Waals surface area contributed by atoms with E-state index >= 15 is 0 Å². The Labute approximate surface area is 461 Å². The normalized spacial score (nSPS) is 14.5. The highest BCUT2D eigenvalue weighted by molar-refractivity contribution is 6.11. The first-order valence-electron chi connectivity index (χ1n) is 27.7. The van der Waals surface area contributed by atoms with Crippen molar-refractivity contribution in [2.75, 3.05) is 4.90 Å². The van der Waals surface area contributed by atoms with Crippen LogP contribution in [0, 0.1) is 0 Å². The van der Waals surface area contributed by atoms with Crippen molar-refractivity contribution >= 4 is 38.9 Å². The molecule has 0 atom stereocenters. The molecule has 2 heteroatoms.